The zero-order valence-electron chi connectivity index (χ0n) is 16.0. The Balaban J connectivity index is 1.93. The van der Waals surface area contributed by atoms with Crippen LogP contribution in [0.25, 0.3) is 0 Å². The Morgan fingerprint density at radius 1 is 1.38 bits per heavy atom. The summed E-state index contributed by atoms with van der Waals surface area (Å²) in [7, 11) is 0. The van der Waals surface area contributed by atoms with Gasteiger partial charge in [-0.2, -0.15) is 0 Å². The summed E-state index contributed by atoms with van der Waals surface area (Å²) in [5.41, 5.74) is 2.10. The number of fused-ring (bicyclic) bond motifs is 1. The second kappa shape index (κ2) is 10.0. The third-order valence-electron chi connectivity index (χ3n) is 4.20. The number of nitrogens with one attached hydrogen (secondary N) is 1. The van der Waals surface area contributed by atoms with Gasteiger partial charge in [-0.1, -0.05) is 24.0 Å². The van der Waals surface area contributed by atoms with Gasteiger partial charge >= 0.3 is 0 Å². The molecule has 0 saturated heterocycles. The third kappa shape index (κ3) is 5.51. The first kappa shape index (κ1) is 20.8. The van der Waals surface area contributed by atoms with Crippen LogP contribution < -0.4 is 14.8 Å². The summed E-state index contributed by atoms with van der Waals surface area (Å²) >= 11 is 6.76. The van der Waals surface area contributed by atoms with Crippen molar-refractivity contribution in [1.29, 1.82) is 0 Å². The van der Waals surface area contributed by atoms with Gasteiger partial charge in [-0.3, -0.25) is 4.79 Å². The molecule has 1 aromatic carbocycles. The summed E-state index contributed by atoms with van der Waals surface area (Å²) in [5.74, 6) is 1.98. The molecule has 0 radical (unpaired) electrons. The standard InChI is InChI=1S/C19H28N2O3S2/c1-5-21(6-2)19(25)26-12-18(22)20-11-15-10-17-14(8-13(4)24-17)9-16(15)23-7-3/h9-10,13H,5-8,11-12H2,1-4H3,(H,20,22)/t13-/m0/s1. The molecule has 26 heavy (non-hydrogen) atoms. The lowest BCUT2D eigenvalue weighted by Crippen LogP contribution is -2.30. The number of thiocarbonyl (C=S) groups is 1. The molecular formula is C19H28N2O3S2. The molecule has 0 aliphatic carbocycles. The first-order valence-electron chi connectivity index (χ1n) is 9.12. The smallest absolute Gasteiger partial charge is 0.230 e. The number of carbonyl (C=O) groups excluding carboxylic acids is 1. The Bertz CT molecular complexity index is 648. The molecule has 144 valence electrons. The van der Waals surface area contributed by atoms with Crippen LogP contribution in [-0.4, -0.2) is 46.7 Å². The van der Waals surface area contributed by atoms with Gasteiger partial charge in [0.25, 0.3) is 0 Å². The number of ether oxygens (including phenoxy) is 2. The lowest BCUT2D eigenvalue weighted by atomic mass is 10.1. The van der Waals surface area contributed by atoms with Crippen molar-refractivity contribution in [3.05, 3.63) is 23.3 Å². The van der Waals surface area contributed by atoms with Crippen molar-refractivity contribution >= 4 is 34.2 Å². The first-order valence-corrected chi connectivity index (χ1v) is 10.5. The van der Waals surface area contributed by atoms with Crippen LogP contribution in [0.15, 0.2) is 12.1 Å². The van der Waals surface area contributed by atoms with Crippen molar-refractivity contribution in [3.8, 4) is 11.5 Å². The van der Waals surface area contributed by atoms with Crippen LogP contribution >= 0.6 is 24.0 Å². The van der Waals surface area contributed by atoms with E-state index in [0.29, 0.717) is 18.9 Å². The number of nitrogens with zero attached hydrogens (tertiary/aromatic N) is 1. The van der Waals surface area contributed by atoms with Crippen LogP contribution in [0.4, 0.5) is 0 Å². The number of thioether (sulfide) groups is 1. The minimum Gasteiger partial charge on any atom is -0.494 e. The molecule has 1 N–H and O–H groups in total. The van der Waals surface area contributed by atoms with Gasteiger partial charge in [-0.25, -0.2) is 0 Å². The molecule has 0 aromatic heterocycles. The van der Waals surface area contributed by atoms with Crippen molar-refractivity contribution in [2.45, 2.75) is 46.8 Å². The topological polar surface area (TPSA) is 50.8 Å². The van der Waals surface area contributed by atoms with Crippen LogP contribution in [0.5, 0.6) is 11.5 Å². The Labute approximate surface area is 165 Å². The van der Waals surface area contributed by atoms with E-state index in [1.807, 2.05) is 19.1 Å². The molecular weight excluding hydrogens is 368 g/mol. The van der Waals surface area contributed by atoms with E-state index < -0.39 is 0 Å². The van der Waals surface area contributed by atoms with Crippen molar-refractivity contribution in [2.24, 2.45) is 0 Å². The zero-order valence-corrected chi connectivity index (χ0v) is 17.6. The lowest BCUT2D eigenvalue weighted by molar-refractivity contribution is -0.118. The molecule has 1 aliphatic rings. The van der Waals surface area contributed by atoms with Crippen molar-refractivity contribution in [1.82, 2.24) is 10.2 Å². The maximum absolute atomic E-state index is 12.2. The second-order valence-electron chi connectivity index (χ2n) is 6.14. The fraction of sp³-hybridized carbons (Fsp3) is 0.579. The van der Waals surface area contributed by atoms with Crippen LogP contribution in [0.2, 0.25) is 0 Å². The molecule has 5 nitrogen and oxygen atoms in total. The highest BCUT2D eigenvalue weighted by atomic mass is 32.2. The SMILES string of the molecule is CCOc1cc2c(cc1CNC(=O)CSC(=S)N(CC)CC)O[C@@H](C)C2. The molecule has 0 bridgehead atoms. The highest BCUT2D eigenvalue weighted by Crippen LogP contribution is 2.35. The summed E-state index contributed by atoms with van der Waals surface area (Å²) < 4.78 is 12.3. The summed E-state index contributed by atoms with van der Waals surface area (Å²) in [6.45, 7) is 10.8. The number of rotatable bonds is 8. The maximum atomic E-state index is 12.2. The second-order valence-corrected chi connectivity index (χ2v) is 7.75. The van der Waals surface area contributed by atoms with E-state index >= 15 is 0 Å². The largest absolute Gasteiger partial charge is 0.494 e. The highest BCUT2D eigenvalue weighted by molar-refractivity contribution is 8.23. The van der Waals surface area contributed by atoms with E-state index in [1.165, 1.54) is 11.8 Å². The molecule has 1 aromatic rings. The van der Waals surface area contributed by atoms with Crippen molar-refractivity contribution < 1.29 is 14.3 Å². The molecule has 1 aliphatic heterocycles. The quantitative estimate of drug-likeness (QED) is 0.680. The van der Waals surface area contributed by atoms with Crippen LogP contribution in [-0.2, 0) is 17.8 Å². The molecule has 1 heterocycles. The summed E-state index contributed by atoms with van der Waals surface area (Å²) in [6.07, 6.45) is 1.07. The maximum Gasteiger partial charge on any atom is 0.230 e. The monoisotopic (exact) mass is 396 g/mol. The van der Waals surface area contributed by atoms with E-state index in [0.717, 1.165) is 46.5 Å². The Hall–Kier alpha value is -1.47. The van der Waals surface area contributed by atoms with Crippen LogP contribution in [0.1, 0.15) is 38.8 Å². The van der Waals surface area contributed by atoms with Crippen LogP contribution in [0.3, 0.4) is 0 Å². The minimum absolute atomic E-state index is 0.0401. The van der Waals surface area contributed by atoms with Crippen molar-refractivity contribution in [2.75, 3.05) is 25.4 Å². The van der Waals surface area contributed by atoms with E-state index in [2.05, 4.69) is 31.0 Å². The zero-order chi connectivity index (χ0) is 19.1. The molecule has 0 fully saturated rings. The number of amides is 1. The number of benzene rings is 1. The molecule has 0 saturated carbocycles. The number of hydrogen-bond acceptors (Lipinski definition) is 5. The van der Waals surface area contributed by atoms with E-state index in [9.17, 15) is 4.79 Å². The van der Waals surface area contributed by atoms with Gasteiger partial charge in [0.2, 0.25) is 5.91 Å². The summed E-state index contributed by atoms with van der Waals surface area (Å²) in [4.78, 5) is 14.3. The Morgan fingerprint density at radius 2 is 2.12 bits per heavy atom. The highest BCUT2D eigenvalue weighted by Gasteiger charge is 2.22. The van der Waals surface area contributed by atoms with E-state index in [4.69, 9.17) is 21.7 Å². The molecule has 1 amide bonds. The Kier molecular flexibility index (Phi) is 8.03. The van der Waals surface area contributed by atoms with E-state index in [-0.39, 0.29) is 12.0 Å². The normalized spacial score (nSPS) is 15.2. The number of carbonyl (C=O) groups is 1. The molecule has 7 heteroatoms. The predicted octanol–water partition coefficient (Wildman–Crippen LogP) is 3.38. The third-order valence-corrected chi connectivity index (χ3v) is 5.73. The molecule has 2 rings (SSSR count). The van der Waals surface area contributed by atoms with Gasteiger partial charge in [0, 0.05) is 37.2 Å². The molecule has 0 unspecified atom stereocenters. The summed E-state index contributed by atoms with van der Waals surface area (Å²) in [5, 5.41) is 2.96. The predicted molar refractivity (Wildman–Crippen MR) is 111 cm³/mol. The molecule has 0 spiro atoms. The average molecular weight is 397 g/mol. The van der Waals surface area contributed by atoms with Crippen LogP contribution in [0, 0.1) is 0 Å². The molecule has 1 atom stereocenters. The van der Waals surface area contributed by atoms with E-state index in [1.54, 1.807) is 0 Å². The fourth-order valence-electron chi connectivity index (χ4n) is 2.85. The van der Waals surface area contributed by atoms with Crippen molar-refractivity contribution in [3.63, 3.8) is 0 Å². The first-order chi connectivity index (χ1) is 12.5. The van der Waals surface area contributed by atoms with Gasteiger partial charge in [0.15, 0.2) is 0 Å². The minimum atomic E-state index is -0.0401. The van der Waals surface area contributed by atoms with Gasteiger partial charge in [0.1, 0.15) is 21.9 Å². The average Bonchev–Trinajstić information content (AvgIpc) is 2.98. The van der Waals surface area contributed by atoms with Gasteiger partial charge in [-0.05, 0) is 39.8 Å². The fourth-order valence-corrected chi connectivity index (χ4v) is 4.09. The van der Waals surface area contributed by atoms with Gasteiger partial charge < -0.3 is 19.7 Å². The lowest BCUT2D eigenvalue weighted by Gasteiger charge is -2.20. The Morgan fingerprint density at radius 3 is 2.77 bits per heavy atom. The summed E-state index contributed by atoms with van der Waals surface area (Å²) in [6, 6.07) is 4.02. The van der Waals surface area contributed by atoms with Gasteiger partial charge in [-0.15, -0.1) is 0 Å². The van der Waals surface area contributed by atoms with Gasteiger partial charge in [0.05, 0.1) is 12.4 Å². The number of hydrogen-bond donors (Lipinski definition) is 1.